The Hall–Kier alpha value is -2.20. The lowest BCUT2D eigenvalue weighted by Crippen LogP contribution is -2.11. The molecule has 0 aromatic carbocycles. The van der Waals surface area contributed by atoms with Crippen LogP contribution in [0.1, 0.15) is 34.6 Å². The van der Waals surface area contributed by atoms with Gasteiger partial charge < -0.3 is 29.6 Å². The van der Waals surface area contributed by atoms with Crippen molar-refractivity contribution in [1.82, 2.24) is 10.6 Å². The number of amides is 2. The summed E-state index contributed by atoms with van der Waals surface area (Å²) in [5, 5.41) is 4.78. The Labute approximate surface area is 164 Å². The van der Waals surface area contributed by atoms with E-state index < -0.39 is 0 Å². The van der Waals surface area contributed by atoms with Gasteiger partial charge in [-0.1, -0.05) is 0 Å². The van der Waals surface area contributed by atoms with Crippen molar-refractivity contribution in [1.29, 1.82) is 0 Å². The number of nitrogens with one attached hydrogen (secondary N) is 2. The summed E-state index contributed by atoms with van der Waals surface area (Å²) in [6, 6.07) is 0. The van der Waals surface area contributed by atoms with E-state index in [9.17, 15) is 19.2 Å². The molecule has 0 atom stereocenters. The molecule has 10 nitrogen and oxygen atoms in total. The first-order valence-electron chi connectivity index (χ1n) is 7.76. The molecule has 2 amide bonds. The number of methoxy groups -OCH3 is 4. The summed E-state index contributed by atoms with van der Waals surface area (Å²) in [6.45, 7) is 8.44. The molecule has 166 valence electrons. The van der Waals surface area contributed by atoms with Crippen molar-refractivity contribution in [3.8, 4) is 0 Å². The third-order valence-corrected chi connectivity index (χ3v) is 1.57. The Morgan fingerprint density at radius 3 is 0.778 bits per heavy atom. The molecule has 0 aliphatic heterocycles. The molecule has 10 heteroatoms. The quantitative estimate of drug-likeness (QED) is 0.618. The summed E-state index contributed by atoms with van der Waals surface area (Å²) < 4.78 is 17.0. The van der Waals surface area contributed by atoms with Gasteiger partial charge in [0.15, 0.2) is 0 Å². The highest BCUT2D eigenvalue weighted by Gasteiger charge is 1.76. The predicted octanol–water partition coefficient (Wildman–Crippen LogP) is 0.779. The highest BCUT2D eigenvalue weighted by atomic mass is 16.5. The Morgan fingerprint density at radius 1 is 0.667 bits per heavy atom. The monoisotopic (exact) mass is 400 g/mol. The second kappa shape index (κ2) is 43.8. The van der Waals surface area contributed by atoms with Crippen molar-refractivity contribution < 1.29 is 38.1 Å². The molecule has 0 spiro atoms. The minimum absolute atomic E-state index is 0.00463. The van der Waals surface area contributed by atoms with Gasteiger partial charge in [-0.25, -0.2) is 0 Å². The van der Waals surface area contributed by atoms with Crippen LogP contribution in [0.15, 0.2) is 0 Å². The van der Waals surface area contributed by atoms with E-state index in [1.165, 1.54) is 41.9 Å². The molecule has 0 bridgehead atoms. The topological polar surface area (TPSA) is 129 Å². The molecule has 0 aliphatic carbocycles. The van der Waals surface area contributed by atoms with Crippen molar-refractivity contribution in [3.05, 3.63) is 0 Å². The first kappa shape index (κ1) is 39.7. The van der Waals surface area contributed by atoms with E-state index in [-0.39, 0.29) is 23.8 Å². The second-order valence-electron chi connectivity index (χ2n) is 3.99. The summed E-state index contributed by atoms with van der Waals surface area (Å²) in [7, 11) is 10.8. The van der Waals surface area contributed by atoms with Crippen LogP contribution in [0.3, 0.4) is 0 Å². The molecule has 0 rings (SSSR count). The first-order valence-corrected chi connectivity index (χ1v) is 7.76. The zero-order chi connectivity index (χ0) is 23.3. The molecule has 0 aliphatic rings. The van der Waals surface area contributed by atoms with Gasteiger partial charge in [0, 0.05) is 69.7 Å². The maximum Gasteiger partial charge on any atom is 0.302 e. The number of rotatable bonds is 1. The molecule has 0 unspecified atom stereocenters. The van der Waals surface area contributed by atoms with E-state index in [1.807, 2.05) is 6.92 Å². The minimum Gasteiger partial charge on any atom is -0.469 e. The van der Waals surface area contributed by atoms with Crippen LogP contribution >= 0.6 is 0 Å². The third kappa shape index (κ3) is 245. The van der Waals surface area contributed by atoms with Crippen LogP contribution in [-0.2, 0) is 38.1 Å². The van der Waals surface area contributed by atoms with Gasteiger partial charge in [-0.05, 0) is 6.92 Å². The zero-order valence-electron chi connectivity index (χ0n) is 19.0. The predicted molar refractivity (Wildman–Crippen MR) is 105 cm³/mol. The fourth-order valence-corrected chi connectivity index (χ4v) is 0. The van der Waals surface area contributed by atoms with Crippen molar-refractivity contribution in [3.63, 3.8) is 0 Å². The van der Waals surface area contributed by atoms with E-state index in [0.717, 1.165) is 6.61 Å². The summed E-state index contributed by atoms with van der Waals surface area (Å²) >= 11 is 0. The lowest BCUT2D eigenvalue weighted by atomic mass is 10.7. The number of carbonyl (C=O) groups is 4. The molecule has 0 radical (unpaired) electrons. The number of esters is 2. The maximum atomic E-state index is 9.70. The Kier molecular flexibility index (Phi) is 64.5. The van der Waals surface area contributed by atoms with Crippen molar-refractivity contribution >= 4 is 23.8 Å². The van der Waals surface area contributed by atoms with Crippen LogP contribution in [0.25, 0.3) is 0 Å². The SMILES string of the molecule is CCOC.CNC(C)=O.CNC(C)=O.COC.COC(C)=O.COC(C)=O. The van der Waals surface area contributed by atoms with Gasteiger partial charge in [-0.3, -0.25) is 19.2 Å². The van der Waals surface area contributed by atoms with Gasteiger partial charge in [-0.2, -0.15) is 0 Å². The molecule has 0 aromatic heterocycles. The van der Waals surface area contributed by atoms with E-state index >= 15 is 0 Å². The van der Waals surface area contributed by atoms with Crippen molar-refractivity contribution in [2.45, 2.75) is 34.6 Å². The molecule has 0 heterocycles. The Balaban J connectivity index is -0.0000000494. The summed E-state index contributed by atoms with van der Waals surface area (Å²) in [6.07, 6.45) is 0. The smallest absolute Gasteiger partial charge is 0.302 e. The summed E-state index contributed by atoms with van der Waals surface area (Å²) in [5.41, 5.74) is 0. The minimum atomic E-state index is -0.245. The van der Waals surface area contributed by atoms with E-state index in [4.69, 9.17) is 0 Å². The number of ether oxygens (including phenoxy) is 4. The van der Waals surface area contributed by atoms with E-state index in [0.29, 0.717) is 0 Å². The fraction of sp³-hybridized carbons (Fsp3) is 0.765. The standard InChI is InChI=1S/2C3H7NO.2C3H6O2.C3H8O.C2H6O/c2*1-3(5)4-2;2*1-3(4)5-2;1-3-4-2;1-3-2/h2*1-2H3,(H,4,5);2*1-2H3;3H2,1-2H3;1-2H3. The largest absolute Gasteiger partial charge is 0.469 e. The van der Waals surface area contributed by atoms with Crippen LogP contribution in [0.2, 0.25) is 0 Å². The van der Waals surface area contributed by atoms with Gasteiger partial charge in [0.1, 0.15) is 0 Å². The van der Waals surface area contributed by atoms with Gasteiger partial charge >= 0.3 is 11.9 Å². The molecule has 0 saturated heterocycles. The Bertz CT molecular complexity index is 266. The third-order valence-electron chi connectivity index (χ3n) is 1.57. The van der Waals surface area contributed by atoms with Crippen LogP contribution in [-0.4, -0.2) is 80.0 Å². The average molecular weight is 401 g/mol. The lowest BCUT2D eigenvalue weighted by molar-refractivity contribution is -0.138. The highest BCUT2D eigenvalue weighted by molar-refractivity contribution is 5.72. The van der Waals surface area contributed by atoms with Gasteiger partial charge in [0.05, 0.1) is 14.2 Å². The van der Waals surface area contributed by atoms with E-state index in [1.54, 1.807) is 35.4 Å². The normalized spacial score (nSPS) is 6.81. The van der Waals surface area contributed by atoms with Crippen LogP contribution in [0.5, 0.6) is 0 Å². The average Bonchev–Trinajstić information content (AvgIpc) is 2.63. The highest BCUT2D eigenvalue weighted by Crippen LogP contribution is 1.60. The maximum absolute atomic E-state index is 9.70. The van der Waals surface area contributed by atoms with Gasteiger partial charge in [0.25, 0.3) is 0 Å². The summed E-state index contributed by atoms with van der Waals surface area (Å²) in [4.78, 5) is 38.6. The number of hydrogen-bond donors (Lipinski definition) is 2. The van der Waals surface area contributed by atoms with Crippen molar-refractivity contribution in [2.24, 2.45) is 0 Å². The van der Waals surface area contributed by atoms with E-state index in [2.05, 4.69) is 29.6 Å². The molecule has 0 fully saturated rings. The lowest BCUT2D eigenvalue weighted by Gasteiger charge is -1.80. The van der Waals surface area contributed by atoms with Crippen LogP contribution < -0.4 is 10.6 Å². The fourth-order valence-electron chi connectivity index (χ4n) is 0. The van der Waals surface area contributed by atoms with Crippen molar-refractivity contribution in [2.75, 3.05) is 56.3 Å². The number of hydrogen-bond acceptors (Lipinski definition) is 8. The first-order chi connectivity index (χ1) is 12.4. The Morgan fingerprint density at radius 2 is 0.778 bits per heavy atom. The van der Waals surface area contributed by atoms with Gasteiger partial charge in [0.2, 0.25) is 11.8 Å². The second-order valence-corrected chi connectivity index (χ2v) is 3.99. The van der Waals surface area contributed by atoms with Crippen LogP contribution in [0, 0.1) is 0 Å². The molecule has 27 heavy (non-hydrogen) atoms. The molecule has 2 N–H and O–H groups in total. The number of carbonyl (C=O) groups excluding carboxylic acids is 4. The van der Waals surface area contributed by atoms with Crippen LogP contribution in [0.4, 0.5) is 0 Å². The molecule has 0 aromatic rings. The summed E-state index contributed by atoms with van der Waals surface area (Å²) in [5.74, 6) is -0.481. The molecular formula is C17H40N2O8. The molecule has 0 saturated carbocycles. The zero-order valence-corrected chi connectivity index (χ0v) is 19.0. The molecular weight excluding hydrogens is 360 g/mol. The van der Waals surface area contributed by atoms with Gasteiger partial charge in [-0.15, -0.1) is 0 Å².